The molecule has 1 aromatic carbocycles. The number of benzene rings is 1. The van der Waals surface area contributed by atoms with Gasteiger partial charge in [0.2, 0.25) is 0 Å². The van der Waals surface area contributed by atoms with Crippen molar-refractivity contribution < 1.29 is 0 Å². The molecule has 0 saturated heterocycles. The summed E-state index contributed by atoms with van der Waals surface area (Å²) in [6.07, 6.45) is 5.66. The molecule has 0 spiro atoms. The van der Waals surface area contributed by atoms with Crippen LogP contribution in [-0.2, 0) is 13.1 Å². The number of hydrogen-bond acceptors (Lipinski definition) is 2. The third-order valence-corrected chi connectivity index (χ3v) is 2.84. The Bertz CT molecular complexity index is 595. The Morgan fingerprint density at radius 3 is 2.94 bits per heavy atom. The van der Waals surface area contributed by atoms with Crippen molar-refractivity contribution in [1.29, 1.82) is 0 Å². The SMILES string of the molecule is c1ccc2c(CNCc3ncc[nH]3)c[nH]c2c1. The molecule has 0 aliphatic heterocycles. The summed E-state index contributed by atoms with van der Waals surface area (Å²) in [5, 5.41) is 4.65. The Balaban J connectivity index is 1.69. The van der Waals surface area contributed by atoms with Crippen LogP contribution in [0.5, 0.6) is 0 Å². The predicted molar refractivity (Wildman–Crippen MR) is 67.4 cm³/mol. The highest BCUT2D eigenvalue weighted by molar-refractivity contribution is 5.82. The second-order valence-electron chi connectivity index (χ2n) is 4.00. The number of nitrogens with one attached hydrogen (secondary N) is 3. The summed E-state index contributed by atoms with van der Waals surface area (Å²) in [5.74, 6) is 0.963. The van der Waals surface area contributed by atoms with Gasteiger partial charge in [-0.2, -0.15) is 0 Å². The molecule has 3 aromatic rings. The fourth-order valence-corrected chi connectivity index (χ4v) is 1.99. The topological polar surface area (TPSA) is 56.5 Å². The van der Waals surface area contributed by atoms with Gasteiger partial charge in [0.15, 0.2) is 0 Å². The van der Waals surface area contributed by atoms with Crippen LogP contribution in [0.2, 0.25) is 0 Å². The van der Waals surface area contributed by atoms with Crippen molar-refractivity contribution in [1.82, 2.24) is 20.3 Å². The molecular weight excluding hydrogens is 212 g/mol. The van der Waals surface area contributed by atoms with E-state index in [9.17, 15) is 0 Å². The van der Waals surface area contributed by atoms with Crippen LogP contribution < -0.4 is 5.32 Å². The maximum Gasteiger partial charge on any atom is 0.120 e. The fourth-order valence-electron chi connectivity index (χ4n) is 1.99. The van der Waals surface area contributed by atoms with Crippen molar-refractivity contribution in [2.24, 2.45) is 0 Å². The molecule has 2 aromatic heterocycles. The lowest BCUT2D eigenvalue weighted by atomic mass is 10.2. The molecule has 17 heavy (non-hydrogen) atoms. The van der Waals surface area contributed by atoms with Gasteiger partial charge < -0.3 is 15.3 Å². The molecule has 3 N–H and O–H groups in total. The second kappa shape index (κ2) is 4.43. The van der Waals surface area contributed by atoms with Crippen LogP contribution in [0.4, 0.5) is 0 Å². The molecular formula is C13H14N4. The third kappa shape index (κ3) is 2.07. The molecule has 86 valence electrons. The zero-order chi connectivity index (χ0) is 11.5. The van der Waals surface area contributed by atoms with Gasteiger partial charge in [-0.25, -0.2) is 4.98 Å². The summed E-state index contributed by atoms with van der Waals surface area (Å²) in [6.45, 7) is 1.59. The van der Waals surface area contributed by atoms with Gasteiger partial charge in [0.25, 0.3) is 0 Å². The summed E-state index contributed by atoms with van der Waals surface area (Å²) in [7, 11) is 0. The van der Waals surface area contributed by atoms with E-state index in [1.54, 1.807) is 6.20 Å². The molecule has 0 fully saturated rings. The lowest BCUT2D eigenvalue weighted by Crippen LogP contribution is -2.13. The monoisotopic (exact) mass is 226 g/mol. The summed E-state index contributed by atoms with van der Waals surface area (Å²) in [6, 6.07) is 8.33. The number of rotatable bonds is 4. The maximum absolute atomic E-state index is 4.17. The number of hydrogen-bond donors (Lipinski definition) is 3. The average molecular weight is 226 g/mol. The first-order valence-electron chi connectivity index (χ1n) is 5.67. The van der Waals surface area contributed by atoms with Crippen LogP contribution in [-0.4, -0.2) is 15.0 Å². The standard InChI is InChI=1S/C13H14N4/c1-2-4-12-11(3-1)10(8-17-12)7-14-9-13-15-5-6-16-13/h1-6,8,14,17H,7,9H2,(H,15,16). The molecule has 4 heteroatoms. The number of imidazole rings is 1. The van der Waals surface area contributed by atoms with E-state index in [2.05, 4.69) is 44.7 Å². The zero-order valence-corrected chi connectivity index (χ0v) is 9.40. The number of para-hydroxylation sites is 1. The molecule has 2 heterocycles. The summed E-state index contributed by atoms with van der Waals surface area (Å²) < 4.78 is 0. The van der Waals surface area contributed by atoms with Crippen molar-refractivity contribution in [3.8, 4) is 0 Å². The molecule has 0 saturated carbocycles. The van der Waals surface area contributed by atoms with Crippen molar-refractivity contribution in [3.05, 3.63) is 54.2 Å². The van der Waals surface area contributed by atoms with Crippen molar-refractivity contribution in [3.63, 3.8) is 0 Å². The van der Waals surface area contributed by atoms with E-state index >= 15 is 0 Å². The third-order valence-electron chi connectivity index (χ3n) is 2.84. The first-order chi connectivity index (χ1) is 8.43. The molecule has 0 amide bonds. The van der Waals surface area contributed by atoms with Gasteiger partial charge in [-0.05, 0) is 11.6 Å². The number of fused-ring (bicyclic) bond motifs is 1. The van der Waals surface area contributed by atoms with Crippen LogP contribution in [0.3, 0.4) is 0 Å². The van der Waals surface area contributed by atoms with E-state index in [0.717, 1.165) is 18.9 Å². The van der Waals surface area contributed by atoms with E-state index in [-0.39, 0.29) is 0 Å². The zero-order valence-electron chi connectivity index (χ0n) is 9.40. The quantitative estimate of drug-likeness (QED) is 0.638. The van der Waals surface area contributed by atoms with E-state index in [0.29, 0.717) is 0 Å². The van der Waals surface area contributed by atoms with E-state index in [1.165, 1.54) is 16.5 Å². The Kier molecular flexibility index (Phi) is 2.63. The maximum atomic E-state index is 4.17. The Labute approximate surface area is 99.1 Å². The number of H-pyrrole nitrogens is 2. The lowest BCUT2D eigenvalue weighted by molar-refractivity contribution is 0.671. The minimum absolute atomic E-state index is 0.756. The number of aromatic amines is 2. The van der Waals surface area contributed by atoms with E-state index in [1.807, 2.05) is 12.3 Å². The van der Waals surface area contributed by atoms with E-state index < -0.39 is 0 Å². The summed E-state index contributed by atoms with van der Waals surface area (Å²) >= 11 is 0. The Morgan fingerprint density at radius 2 is 2.06 bits per heavy atom. The largest absolute Gasteiger partial charge is 0.361 e. The van der Waals surface area contributed by atoms with E-state index in [4.69, 9.17) is 0 Å². The van der Waals surface area contributed by atoms with Gasteiger partial charge >= 0.3 is 0 Å². The van der Waals surface area contributed by atoms with Crippen LogP contribution in [0.15, 0.2) is 42.9 Å². The minimum Gasteiger partial charge on any atom is -0.361 e. The molecule has 0 atom stereocenters. The molecule has 0 radical (unpaired) electrons. The molecule has 3 rings (SSSR count). The fraction of sp³-hybridized carbons (Fsp3) is 0.154. The van der Waals surface area contributed by atoms with Crippen LogP contribution in [0.25, 0.3) is 10.9 Å². The smallest absolute Gasteiger partial charge is 0.120 e. The molecule has 0 aliphatic rings. The van der Waals surface area contributed by atoms with Gasteiger partial charge in [0.05, 0.1) is 6.54 Å². The first kappa shape index (κ1) is 10.1. The second-order valence-corrected chi connectivity index (χ2v) is 4.00. The van der Waals surface area contributed by atoms with Crippen molar-refractivity contribution >= 4 is 10.9 Å². The minimum atomic E-state index is 0.756. The highest BCUT2D eigenvalue weighted by Crippen LogP contribution is 2.17. The molecule has 0 bridgehead atoms. The molecule has 0 unspecified atom stereocenters. The average Bonchev–Trinajstić information content (AvgIpc) is 2.99. The number of aromatic nitrogens is 3. The highest BCUT2D eigenvalue weighted by atomic mass is 15.0. The van der Waals surface area contributed by atoms with Crippen molar-refractivity contribution in [2.75, 3.05) is 0 Å². The summed E-state index contributed by atoms with van der Waals surface area (Å²) in [5.41, 5.74) is 2.47. The van der Waals surface area contributed by atoms with Crippen LogP contribution in [0, 0.1) is 0 Å². The molecule has 0 aliphatic carbocycles. The molecule has 4 nitrogen and oxygen atoms in total. The highest BCUT2D eigenvalue weighted by Gasteiger charge is 2.02. The number of nitrogens with zero attached hydrogens (tertiary/aromatic N) is 1. The van der Waals surface area contributed by atoms with Crippen molar-refractivity contribution in [2.45, 2.75) is 13.1 Å². The Morgan fingerprint density at radius 1 is 1.12 bits per heavy atom. The predicted octanol–water partition coefficient (Wildman–Crippen LogP) is 2.18. The van der Waals surface area contributed by atoms with Crippen LogP contribution >= 0.6 is 0 Å². The van der Waals surface area contributed by atoms with Gasteiger partial charge in [-0.1, -0.05) is 18.2 Å². The summed E-state index contributed by atoms with van der Waals surface area (Å²) in [4.78, 5) is 10.5. The van der Waals surface area contributed by atoms with Crippen LogP contribution in [0.1, 0.15) is 11.4 Å². The van der Waals surface area contributed by atoms with Gasteiger partial charge in [-0.15, -0.1) is 0 Å². The first-order valence-corrected chi connectivity index (χ1v) is 5.67. The normalized spacial score (nSPS) is 11.1. The van der Waals surface area contributed by atoms with Gasteiger partial charge in [0.1, 0.15) is 5.82 Å². The van der Waals surface area contributed by atoms with Gasteiger partial charge in [0, 0.05) is 36.0 Å². The Hall–Kier alpha value is -2.07. The lowest BCUT2D eigenvalue weighted by Gasteiger charge is -2.01. The van der Waals surface area contributed by atoms with Gasteiger partial charge in [-0.3, -0.25) is 0 Å².